The quantitative estimate of drug-likeness (QED) is 0.598. The van der Waals surface area contributed by atoms with Crippen LogP contribution in [0.1, 0.15) is 27.2 Å². The van der Waals surface area contributed by atoms with Gasteiger partial charge in [-0.05, 0) is 56.2 Å². The highest BCUT2D eigenvalue weighted by molar-refractivity contribution is 5.90. The van der Waals surface area contributed by atoms with Gasteiger partial charge in [-0.3, -0.25) is 4.98 Å². The maximum atomic E-state index is 11.9. The molecule has 3 nitrogen and oxygen atoms in total. The third kappa shape index (κ3) is 2.74. The van der Waals surface area contributed by atoms with Crippen LogP contribution in [0.5, 0.6) is 5.75 Å². The highest BCUT2D eigenvalue weighted by Crippen LogP contribution is 2.17. The van der Waals surface area contributed by atoms with E-state index in [1.165, 1.54) is 11.8 Å². The van der Waals surface area contributed by atoms with Gasteiger partial charge in [-0.25, -0.2) is 4.79 Å². The second kappa shape index (κ2) is 5.00. The first kappa shape index (κ1) is 12.3. The van der Waals surface area contributed by atoms with Gasteiger partial charge in [-0.1, -0.05) is 6.07 Å². The standard InChI is InChI=1S/C15H15NO2/c1-10-4-7-14(8-11(10)2)18-15(17)13-6-5-12(3)16-9-13/h4-9H,1-3H3. The summed E-state index contributed by atoms with van der Waals surface area (Å²) in [7, 11) is 0. The van der Waals surface area contributed by atoms with E-state index in [9.17, 15) is 4.79 Å². The Morgan fingerprint density at radius 2 is 1.83 bits per heavy atom. The Morgan fingerprint density at radius 3 is 2.44 bits per heavy atom. The molecule has 0 fully saturated rings. The molecule has 0 spiro atoms. The third-order valence-electron chi connectivity index (χ3n) is 2.84. The summed E-state index contributed by atoms with van der Waals surface area (Å²) in [6, 6.07) is 9.09. The molecule has 0 aliphatic carbocycles. The van der Waals surface area contributed by atoms with Gasteiger partial charge >= 0.3 is 5.97 Å². The van der Waals surface area contributed by atoms with Gasteiger partial charge in [0.1, 0.15) is 5.75 Å². The topological polar surface area (TPSA) is 39.2 Å². The van der Waals surface area contributed by atoms with Gasteiger partial charge in [0.25, 0.3) is 0 Å². The molecule has 0 N–H and O–H groups in total. The summed E-state index contributed by atoms with van der Waals surface area (Å²) in [5.41, 5.74) is 3.60. The first-order valence-corrected chi connectivity index (χ1v) is 5.78. The normalized spacial score (nSPS) is 10.2. The van der Waals surface area contributed by atoms with Gasteiger partial charge in [-0.2, -0.15) is 0 Å². The van der Waals surface area contributed by atoms with Crippen LogP contribution in [-0.4, -0.2) is 11.0 Å². The van der Waals surface area contributed by atoms with Crippen molar-refractivity contribution in [3.63, 3.8) is 0 Å². The number of pyridine rings is 1. The Kier molecular flexibility index (Phi) is 3.42. The smallest absolute Gasteiger partial charge is 0.345 e. The van der Waals surface area contributed by atoms with Crippen LogP contribution < -0.4 is 4.74 Å². The number of aromatic nitrogens is 1. The molecule has 0 unspecified atom stereocenters. The van der Waals surface area contributed by atoms with E-state index in [2.05, 4.69) is 4.98 Å². The van der Waals surface area contributed by atoms with Crippen molar-refractivity contribution in [2.24, 2.45) is 0 Å². The van der Waals surface area contributed by atoms with E-state index in [0.717, 1.165) is 11.3 Å². The molecular weight excluding hydrogens is 226 g/mol. The lowest BCUT2D eigenvalue weighted by Gasteiger charge is -2.06. The van der Waals surface area contributed by atoms with E-state index in [4.69, 9.17) is 4.74 Å². The number of nitrogens with zero attached hydrogens (tertiary/aromatic N) is 1. The molecule has 2 aromatic rings. The zero-order valence-electron chi connectivity index (χ0n) is 10.7. The summed E-state index contributed by atoms with van der Waals surface area (Å²) in [5.74, 6) is 0.175. The molecule has 3 heteroatoms. The van der Waals surface area contributed by atoms with Crippen molar-refractivity contribution < 1.29 is 9.53 Å². The van der Waals surface area contributed by atoms with Crippen LogP contribution in [0.3, 0.4) is 0 Å². The zero-order chi connectivity index (χ0) is 13.1. The lowest BCUT2D eigenvalue weighted by atomic mass is 10.1. The number of aryl methyl sites for hydroxylation is 3. The predicted octanol–water partition coefficient (Wildman–Crippen LogP) is 3.23. The number of rotatable bonds is 2. The summed E-state index contributed by atoms with van der Waals surface area (Å²) < 4.78 is 5.30. The van der Waals surface area contributed by atoms with Gasteiger partial charge in [-0.15, -0.1) is 0 Å². The van der Waals surface area contributed by atoms with Gasteiger partial charge in [0.15, 0.2) is 0 Å². The van der Waals surface area contributed by atoms with E-state index in [0.29, 0.717) is 11.3 Å². The zero-order valence-corrected chi connectivity index (χ0v) is 10.7. The van der Waals surface area contributed by atoms with Crippen molar-refractivity contribution in [2.45, 2.75) is 20.8 Å². The third-order valence-corrected chi connectivity index (χ3v) is 2.84. The second-order valence-electron chi connectivity index (χ2n) is 4.32. The van der Waals surface area contributed by atoms with E-state index < -0.39 is 0 Å². The summed E-state index contributed by atoms with van der Waals surface area (Å²) in [5, 5.41) is 0. The van der Waals surface area contributed by atoms with E-state index in [1.807, 2.05) is 32.9 Å². The average Bonchev–Trinajstić information content (AvgIpc) is 2.34. The van der Waals surface area contributed by atoms with Crippen molar-refractivity contribution in [3.8, 4) is 5.75 Å². The Balaban J connectivity index is 2.16. The molecule has 0 amide bonds. The van der Waals surface area contributed by atoms with Gasteiger partial charge in [0, 0.05) is 11.9 Å². The molecule has 0 saturated carbocycles. The van der Waals surface area contributed by atoms with Crippen molar-refractivity contribution in [1.82, 2.24) is 4.98 Å². The molecule has 92 valence electrons. The minimum absolute atomic E-state index is 0.384. The molecule has 0 radical (unpaired) electrons. The molecule has 1 heterocycles. The van der Waals surface area contributed by atoms with E-state index in [-0.39, 0.29) is 5.97 Å². The van der Waals surface area contributed by atoms with Crippen LogP contribution in [0.4, 0.5) is 0 Å². The Labute approximate surface area is 106 Å². The van der Waals surface area contributed by atoms with Gasteiger partial charge < -0.3 is 4.74 Å². The fourth-order valence-electron chi connectivity index (χ4n) is 1.53. The number of hydrogen-bond acceptors (Lipinski definition) is 3. The highest BCUT2D eigenvalue weighted by atomic mass is 16.5. The maximum absolute atomic E-state index is 11.9. The number of ether oxygens (including phenoxy) is 1. The van der Waals surface area contributed by atoms with Crippen molar-refractivity contribution in [2.75, 3.05) is 0 Å². The molecule has 0 aliphatic heterocycles. The van der Waals surface area contributed by atoms with Gasteiger partial charge in [0.2, 0.25) is 0 Å². The summed E-state index contributed by atoms with van der Waals surface area (Å²) >= 11 is 0. The molecular formula is C15H15NO2. The molecule has 18 heavy (non-hydrogen) atoms. The molecule has 0 saturated heterocycles. The average molecular weight is 241 g/mol. The molecule has 0 atom stereocenters. The number of benzene rings is 1. The Hall–Kier alpha value is -2.16. The van der Waals surface area contributed by atoms with E-state index >= 15 is 0 Å². The molecule has 0 bridgehead atoms. The van der Waals surface area contributed by atoms with Crippen LogP contribution in [0, 0.1) is 20.8 Å². The number of esters is 1. The van der Waals surface area contributed by atoms with Crippen LogP contribution in [0.2, 0.25) is 0 Å². The van der Waals surface area contributed by atoms with Crippen molar-refractivity contribution >= 4 is 5.97 Å². The Bertz CT molecular complexity index is 574. The number of hydrogen-bond donors (Lipinski definition) is 0. The summed E-state index contributed by atoms with van der Waals surface area (Å²) in [4.78, 5) is 15.9. The number of carbonyl (C=O) groups excluding carboxylic acids is 1. The van der Waals surface area contributed by atoms with Crippen LogP contribution in [0.25, 0.3) is 0 Å². The second-order valence-corrected chi connectivity index (χ2v) is 4.32. The monoisotopic (exact) mass is 241 g/mol. The predicted molar refractivity (Wildman–Crippen MR) is 69.8 cm³/mol. The van der Waals surface area contributed by atoms with Crippen LogP contribution in [0.15, 0.2) is 36.5 Å². The fraction of sp³-hybridized carbons (Fsp3) is 0.200. The minimum Gasteiger partial charge on any atom is -0.423 e. The van der Waals surface area contributed by atoms with Crippen LogP contribution in [-0.2, 0) is 0 Å². The summed E-state index contributed by atoms with van der Waals surface area (Å²) in [6.45, 7) is 5.88. The lowest BCUT2D eigenvalue weighted by molar-refractivity contribution is 0.0734. The molecule has 1 aromatic heterocycles. The first-order valence-electron chi connectivity index (χ1n) is 5.78. The lowest BCUT2D eigenvalue weighted by Crippen LogP contribution is -2.09. The highest BCUT2D eigenvalue weighted by Gasteiger charge is 2.09. The fourth-order valence-corrected chi connectivity index (χ4v) is 1.53. The molecule has 1 aromatic carbocycles. The largest absolute Gasteiger partial charge is 0.423 e. The summed E-state index contributed by atoms with van der Waals surface area (Å²) in [6.07, 6.45) is 1.53. The van der Waals surface area contributed by atoms with E-state index in [1.54, 1.807) is 18.2 Å². The Morgan fingerprint density at radius 1 is 1.06 bits per heavy atom. The first-order chi connectivity index (χ1) is 8.56. The molecule has 2 rings (SSSR count). The van der Waals surface area contributed by atoms with Crippen LogP contribution >= 0.6 is 0 Å². The number of carbonyl (C=O) groups is 1. The SMILES string of the molecule is Cc1ccc(C(=O)Oc2ccc(C)c(C)c2)cn1. The van der Waals surface area contributed by atoms with Crippen molar-refractivity contribution in [1.29, 1.82) is 0 Å². The van der Waals surface area contributed by atoms with Crippen molar-refractivity contribution in [3.05, 3.63) is 58.9 Å². The maximum Gasteiger partial charge on any atom is 0.345 e. The minimum atomic E-state index is -0.384. The van der Waals surface area contributed by atoms with Gasteiger partial charge in [0.05, 0.1) is 5.56 Å². The molecule has 0 aliphatic rings.